The van der Waals surface area contributed by atoms with Crippen LogP contribution in [0.1, 0.15) is 60.8 Å². The number of methoxy groups -OCH3 is 1. The standard InChI is InChI=1S/C25H28N4O2.C2H6/c1-3-4-5-19-13-21-23(29(19)15-17-8-6-16(14-26)7-9-17)20-11-10-18(25(30)31-2)12-22(20)28-24(21)27;1-2/h6-13H,3-5,14-15,26H2,1-2H3,(H2,27,28);1-2H3. The monoisotopic (exact) mass is 446 g/mol. The molecule has 0 saturated heterocycles. The fourth-order valence-corrected chi connectivity index (χ4v) is 4.06. The fraction of sp³-hybridized carbons (Fsp3) is 0.333. The predicted molar refractivity (Wildman–Crippen MR) is 136 cm³/mol. The van der Waals surface area contributed by atoms with Crippen molar-refractivity contribution in [2.75, 3.05) is 12.8 Å². The van der Waals surface area contributed by atoms with Crippen molar-refractivity contribution in [1.29, 1.82) is 0 Å². The smallest absolute Gasteiger partial charge is 0.337 e. The lowest BCUT2D eigenvalue weighted by Gasteiger charge is -2.13. The third kappa shape index (κ3) is 5.01. The molecule has 2 aromatic heterocycles. The number of nitrogens with two attached hydrogens (primary N) is 2. The first-order chi connectivity index (χ1) is 16.0. The number of fused-ring (bicyclic) bond motifs is 3. The molecule has 0 fully saturated rings. The van der Waals surface area contributed by atoms with E-state index in [1.807, 2.05) is 19.9 Å². The van der Waals surface area contributed by atoms with Gasteiger partial charge in [0.2, 0.25) is 0 Å². The van der Waals surface area contributed by atoms with E-state index < -0.39 is 0 Å². The molecule has 174 valence electrons. The molecular weight excluding hydrogens is 412 g/mol. The first-order valence-corrected chi connectivity index (χ1v) is 11.6. The highest BCUT2D eigenvalue weighted by molar-refractivity contribution is 6.10. The van der Waals surface area contributed by atoms with E-state index in [9.17, 15) is 4.79 Å². The molecule has 6 nitrogen and oxygen atoms in total. The number of anilines is 1. The van der Waals surface area contributed by atoms with Gasteiger partial charge < -0.3 is 20.8 Å². The maximum absolute atomic E-state index is 12.0. The topological polar surface area (TPSA) is 96.2 Å². The first-order valence-electron chi connectivity index (χ1n) is 11.6. The zero-order valence-corrected chi connectivity index (χ0v) is 20.0. The van der Waals surface area contributed by atoms with Crippen LogP contribution in [0.5, 0.6) is 0 Å². The molecule has 0 spiro atoms. The van der Waals surface area contributed by atoms with Crippen LogP contribution in [0, 0.1) is 0 Å². The molecule has 0 aliphatic heterocycles. The summed E-state index contributed by atoms with van der Waals surface area (Å²) in [5, 5.41) is 1.92. The Labute approximate surface area is 195 Å². The van der Waals surface area contributed by atoms with E-state index in [-0.39, 0.29) is 5.97 Å². The van der Waals surface area contributed by atoms with Gasteiger partial charge in [-0.2, -0.15) is 0 Å². The second-order valence-corrected chi connectivity index (χ2v) is 7.83. The van der Waals surface area contributed by atoms with Gasteiger partial charge in [-0.3, -0.25) is 0 Å². The third-order valence-corrected chi connectivity index (χ3v) is 5.76. The molecule has 2 heterocycles. The lowest BCUT2D eigenvalue weighted by molar-refractivity contribution is 0.0601. The first kappa shape index (κ1) is 24.3. The molecule has 0 aliphatic carbocycles. The summed E-state index contributed by atoms with van der Waals surface area (Å²) >= 11 is 0. The van der Waals surface area contributed by atoms with Crippen molar-refractivity contribution in [1.82, 2.24) is 9.55 Å². The van der Waals surface area contributed by atoms with E-state index in [2.05, 4.69) is 46.8 Å². The number of hydrogen-bond donors (Lipinski definition) is 2. The number of nitrogens with zero attached hydrogens (tertiary/aromatic N) is 2. The molecule has 33 heavy (non-hydrogen) atoms. The number of rotatable bonds is 7. The van der Waals surface area contributed by atoms with Crippen LogP contribution in [0.2, 0.25) is 0 Å². The van der Waals surface area contributed by atoms with Gasteiger partial charge in [0.15, 0.2) is 0 Å². The Balaban J connectivity index is 0.00000149. The number of benzene rings is 2. The minimum Gasteiger partial charge on any atom is -0.465 e. The number of esters is 1. The van der Waals surface area contributed by atoms with Gasteiger partial charge in [0.1, 0.15) is 5.82 Å². The van der Waals surface area contributed by atoms with E-state index >= 15 is 0 Å². The Morgan fingerprint density at radius 2 is 1.73 bits per heavy atom. The van der Waals surface area contributed by atoms with Gasteiger partial charge in [-0.1, -0.05) is 51.5 Å². The van der Waals surface area contributed by atoms with Gasteiger partial charge >= 0.3 is 5.97 Å². The maximum Gasteiger partial charge on any atom is 0.337 e. The summed E-state index contributed by atoms with van der Waals surface area (Å²) in [6.45, 7) is 7.45. The minimum atomic E-state index is -0.388. The molecule has 2 aromatic carbocycles. The van der Waals surface area contributed by atoms with Crippen molar-refractivity contribution in [3.63, 3.8) is 0 Å². The van der Waals surface area contributed by atoms with Crippen molar-refractivity contribution in [2.24, 2.45) is 5.73 Å². The molecule has 0 amide bonds. The summed E-state index contributed by atoms with van der Waals surface area (Å²) in [5.41, 5.74) is 17.9. The van der Waals surface area contributed by atoms with Crippen LogP contribution in [-0.4, -0.2) is 22.6 Å². The Hall–Kier alpha value is -3.38. The van der Waals surface area contributed by atoms with Crippen LogP contribution in [0.25, 0.3) is 21.8 Å². The Bertz CT molecular complexity index is 1240. The highest BCUT2D eigenvalue weighted by atomic mass is 16.5. The van der Waals surface area contributed by atoms with Crippen LogP contribution < -0.4 is 11.5 Å². The SMILES string of the molecule is CC.CCCCc1cc2c(N)nc3cc(C(=O)OC)ccc3c2n1Cc1ccc(CN)cc1. The summed E-state index contributed by atoms with van der Waals surface area (Å²) in [6, 6.07) is 16.0. The molecule has 4 rings (SSSR count). The summed E-state index contributed by atoms with van der Waals surface area (Å²) in [4.78, 5) is 16.6. The molecule has 0 atom stereocenters. The van der Waals surface area contributed by atoms with Crippen LogP contribution in [0.3, 0.4) is 0 Å². The number of unbranched alkanes of at least 4 members (excludes halogenated alkanes) is 1. The van der Waals surface area contributed by atoms with Gasteiger partial charge in [0, 0.05) is 29.6 Å². The van der Waals surface area contributed by atoms with Crippen molar-refractivity contribution >= 4 is 33.6 Å². The molecule has 0 unspecified atom stereocenters. The molecule has 0 aliphatic rings. The number of nitrogen functional groups attached to an aromatic ring is 1. The second-order valence-electron chi connectivity index (χ2n) is 7.83. The van der Waals surface area contributed by atoms with Crippen LogP contribution in [0.15, 0.2) is 48.5 Å². The molecule has 0 radical (unpaired) electrons. The molecule has 4 N–H and O–H groups in total. The lowest BCUT2D eigenvalue weighted by atomic mass is 10.1. The minimum absolute atomic E-state index is 0.388. The van der Waals surface area contributed by atoms with E-state index in [0.29, 0.717) is 23.4 Å². The van der Waals surface area contributed by atoms with Crippen molar-refractivity contribution in [2.45, 2.75) is 53.1 Å². The normalized spacial score (nSPS) is 10.8. The number of hydrogen-bond acceptors (Lipinski definition) is 5. The van der Waals surface area contributed by atoms with Crippen LogP contribution in [-0.2, 0) is 24.2 Å². The average molecular weight is 447 g/mol. The van der Waals surface area contributed by atoms with Gasteiger partial charge in [0.25, 0.3) is 0 Å². The molecule has 4 aromatic rings. The Morgan fingerprint density at radius 3 is 2.36 bits per heavy atom. The summed E-state index contributed by atoms with van der Waals surface area (Å²) in [7, 11) is 1.37. The van der Waals surface area contributed by atoms with E-state index in [1.54, 1.807) is 12.1 Å². The van der Waals surface area contributed by atoms with Gasteiger partial charge in [-0.05, 0) is 48.2 Å². The molecule has 6 heteroatoms. The van der Waals surface area contributed by atoms with Crippen LogP contribution >= 0.6 is 0 Å². The largest absolute Gasteiger partial charge is 0.465 e. The third-order valence-electron chi connectivity index (χ3n) is 5.76. The number of pyridine rings is 1. The van der Waals surface area contributed by atoms with E-state index in [4.69, 9.17) is 16.2 Å². The highest BCUT2D eigenvalue weighted by Gasteiger charge is 2.17. The zero-order chi connectivity index (χ0) is 24.0. The highest BCUT2D eigenvalue weighted by Crippen LogP contribution is 2.33. The summed E-state index contributed by atoms with van der Waals surface area (Å²) in [5.74, 6) is 0.0841. The maximum atomic E-state index is 12.0. The van der Waals surface area contributed by atoms with Gasteiger partial charge in [-0.15, -0.1) is 0 Å². The predicted octanol–water partition coefficient (Wildman–Crippen LogP) is 5.43. The fourth-order valence-electron chi connectivity index (χ4n) is 4.06. The quantitative estimate of drug-likeness (QED) is 0.369. The van der Waals surface area contributed by atoms with Gasteiger partial charge in [0.05, 0.1) is 23.7 Å². The Kier molecular flexibility index (Phi) is 8.06. The second kappa shape index (κ2) is 11.0. The average Bonchev–Trinajstić information content (AvgIpc) is 3.22. The van der Waals surface area contributed by atoms with Gasteiger partial charge in [-0.25, -0.2) is 9.78 Å². The lowest BCUT2D eigenvalue weighted by Crippen LogP contribution is -2.06. The Morgan fingerprint density at radius 1 is 1.03 bits per heavy atom. The summed E-state index contributed by atoms with van der Waals surface area (Å²) in [6.07, 6.45) is 3.18. The number of aromatic nitrogens is 2. The molecule has 0 saturated carbocycles. The molecule has 0 bridgehead atoms. The van der Waals surface area contributed by atoms with Crippen molar-refractivity contribution < 1.29 is 9.53 Å². The number of carbonyl (C=O) groups is 1. The number of ether oxygens (including phenoxy) is 1. The molecular formula is C27H34N4O2. The zero-order valence-electron chi connectivity index (χ0n) is 20.0. The number of carbonyl (C=O) groups excluding carboxylic acids is 1. The van der Waals surface area contributed by atoms with E-state index in [0.717, 1.165) is 47.7 Å². The van der Waals surface area contributed by atoms with Crippen molar-refractivity contribution in [3.05, 3.63) is 70.9 Å². The van der Waals surface area contributed by atoms with E-state index in [1.165, 1.54) is 18.4 Å². The summed E-state index contributed by atoms with van der Waals surface area (Å²) < 4.78 is 7.19. The van der Waals surface area contributed by atoms with Crippen molar-refractivity contribution in [3.8, 4) is 0 Å². The number of aryl methyl sites for hydroxylation is 1. The van der Waals surface area contributed by atoms with Crippen LogP contribution in [0.4, 0.5) is 5.82 Å².